The lowest BCUT2D eigenvalue weighted by Crippen LogP contribution is -2.05. The van der Waals surface area contributed by atoms with Gasteiger partial charge in [-0.1, -0.05) is 28.9 Å². The van der Waals surface area contributed by atoms with Crippen molar-refractivity contribution in [2.75, 3.05) is 0 Å². The number of oxime groups is 1. The first kappa shape index (κ1) is 14.5. The molecule has 0 bridgehead atoms. The third kappa shape index (κ3) is 2.80. The monoisotopic (exact) mass is 316 g/mol. The summed E-state index contributed by atoms with van der Waals surface area (Å²) in [4.78, 5) is 10.2. The molecule has 1 N–H and O–H groups in total. The van der Waals surface area contributed by atoms with Crippen LogP contribution in [0.4, 0.5) is 5.69 Å². The number of benzene rings is 2. The van der Waals surface area contributed by atoms with Crippen molar-refractivity contribution in [2.45, 2.75) is 12.3 Å². The third-order valence-electron chi connectivity index (χ3n) is 3.92. The first-order chi connectivity index (χ1) is 10.6. The molecule has 1 aliphatic rings. The highest BCUT2D eigenvalue weighted by molar-refractivity contribution is 6.30. The number of hydrogen-bond donors (Lipinski definition) is 1. The summed E-state index contributed by atoms with van der Waals surface area (Å²) in [5.41, 5.74) is 2.44. The number of nitrogens with zero attached hydrogens (tertiary/aromatic N) is 2. The van der Waals surface area contributed by atoms with Gasteiger partial charge in [0.25, 0.3) is 5.69 Å². The summed E-state index contributed by atoms with van der Waals surface area (Å²) in [6, 6.07) is 13.7. The Morgan fingerprint density at radius 2 is 1.82 bits per heavy atom. The molecule has 0 unspecified atom stereocenters. The van der Waals surface area contributed by atoms with Crippen LogP contribution in [-0.2, 0) is 0 Å². The highest BCUT2D eigenvalue weighted by atomic mass is 35.5. The van der Waals surface area contributed by atoms with Gasteiger partial charge in [-0.3, -0.25) is 10.1 Å². The summed E-state index contributed by atoms with van der Waals surface area (Å²) in [7, 11) is 0. The Balaban J connectivity index is 1.79. The van der Waals surface area contributed by atoms with Crippen molar-refractivity contribution >= 4 is 23.0 Å². The van der Waals surface area contributed by atoms with Crippen LogP contribution in [0.3, 0.4) is 0 Å². The van der Waals surface area contributed by atoms with E-state index in [1.54, 1.807) is 12.1 Å². The Hall–Kier alpha value is -2.40. The molecule has 0 amide bonds. The van der Waals surface area contributed by atoms with Crippen LogP contribution in [0.25, 0.3) is 0 Å². The number of rotatable bonds is 4. The van der Waals surface area contributed by atoms with E-state index in [2.05, 4.69) is 5.16 Å². The van der Waals surface area contributed by atoms with Crippen molar-refractivity contribution in [3.05, 3.63) is 74.8 Å². The van der Waals surface area contributed by atoms with E-state index in [4.69, 9.17) is 11.6 Å². The summed E-state index contributed by atoms with van der Waals surface area (Å²) in [6.07, 6.45) is 0.887. The van der Waals surface area contributed by atoms with Crippen LogP contribution in [-0.4, -0.2) is 15.8 Å². The number of hydrogen-bond acceptors (Lipinski definition) is 4. The Kier molecular flexibility index (Phi) is 3.81. The quantitative estimate of drug-likeness (QED) is 0.397. The van der Waals surface area contributed by atoms with E-state index in [1.165, 1.54) is 12.1 Å². The molecule has 0 saturated heterocycles. The number of nitro benzene ring substituents is 1. The minimum atomic E-state index is -0.451. The van der Waals surface area contributed by atoms with Crippen molar-refractivity contribution in [2.24, 2.45) is 11.1 Å². The standard InChI is InChI=1S/C16H13ClN2O3/c17-12-5-1-10(2-6-12)14-9-15(14)16(18-20)11-3-7-13(8-4-11)19(21)22/h1-8,14-15,20H,9H2/b18-16-/t14-,15-/m0/s1. The van der Waals surface area contributed by atoms with Crippen molar-refractivity contribution in [3.63, 3.8) is 0 Å². The molecule has 0 spiro atoms. The second-order valence-corrected chi connectivity index (χ2v) is 5.73. The fourth-order valence-corrected chi connectivity index (χ4v) is 2.80. The average Bonchev–Trinajstić information content (AvgIpc) is 3.30. The summed E-state index contributed by atoms with van der Waals surface area (Å²) in [5.74, 6) is 0.408. The van der Waals surface area contributed by atoms with Crippen molar-refractivity contribution in [1.29, 1.82) is 0 Å². The lowest BCUT2D eigenvalue weighted by Gasteiger charge is -2.05. The van der Waals surface area contributed by atoms with E-state index < -0.39 is 4.92 Å². The lowest BCUT2D eigenvalue weighted by atomic mass is 10.0. The van der Waals surface area contributed by atoms with Gasteiger partial charge in [0.05, 0.1) is 10.6 Å². The molecule has 0 heterocycles. The van der Waals surface area contributed by atoms with Crippen LogP contribution < -0.4 is 0 Å². The maximum absolute atomic E-state index is 10.7. The molecule has 3 rings (SSSR count). The molecule has 2 atom stereocenters. The molecule has 2 aromatic rings. The van der Waals surface area contributed by atoms with Gasteiger partial charge < -0.3 is 5.21 Å². The maximum Gasteiger partial charge on any atom is 0.269 e. The lowest BCUT2D eigenvalue weighted by molar-refractivity contribution is -0.384. The molecule has 5 nitrogen and oxygen atoms in total. The van der Waals surface area contributed by atoms with Crippen LogP contribution in [0.15, 0.2) is 53.7 Å². The average molecular weight is 317 g/mol. The van der Waals surface area contributed by atoms with Crippen LogP contribution in [0.5, 0.6) is 0 Å². The first-order valence-electron chi connectivity index (χ1n) is 6.82. The summed E-state index contributed by atoms with van der Waals surface area (Å²) in [5, 5.41) is 24.1. The van der Waals surface area contributed by atoms with Crippen LogP contribution >= 0.6 is 11.6 Å². The molecule has 1 aliphatic carbocycles. The molecular formula is C16H13ClN2O3. The van der Waals surface area contributed by atoms with E-state index in [0.29, 0.717) is 22.2 Å². The van der Waals surface area contributed by atoms with E-state index in [0.717, 1.165) is 12.0 Å². The molecule has 0 radical (unpaired) electrons. The van der Waals surface area contributed by atoms with E-state index in [1.807, 2.05) is 24.3 Å². The molecule has 112 valence electrons. The van der Waals surface area contributed by atoms with Gasteiger partial charge in [-0.25, -0.2) is 0 Å². The molecule has 2 aromatic carbocycles. The van der Waals surface area contributed by atoms with Gasteiger partial charge in [0.2, 0.25) is 0 Å². The molecule has 6 heteroatoms. The van der Waals surface area contributed by atoms with E-state index in [-0.39, 0.29) is 11.6 Å². The van der Waals surface area contributed by atoms with E-state index >= 15 is 0 Å². The molecule has 0 aromatic heterocycles. The fourth-order valence-electron chi connectivity index (χ4n) is 2.68. The Labute approximate surface area is 132 Å². The predicted octanol–water partition coefficient (Wildman–Crippen LogP) is 4.23. The number of halogens is 1. The Morgan fingerprint density at radius 1 is 1.18 bits per heavy atom. The topological polar surface area (TPSA) is 75.7 Å². The van der Waals surface area contributed by atoms with Gasteiger partial charge in [-0.05, 0) is 42.2 Å². The van der Waals surface area contributed by atoms with Gasteiger partial charge >= 0.3 is 0 Å². The highest BCUT2D eigenvalue weighted by Crippen LogP contribution is 2.49. The second-order valence-electron chi connectivity index (χ2n) is 5.29. The zero-order valence-corrected chi connectivity index (χ0v) is 12.3. The second kappa shape index (κ2) is 5.77. The van der Waals surface area contributed by atoms with Gasteiger partial charge in [0, 0.05) is 28.6 Å². The molecule has 1 saturated carbocycles. The zero-order valence-electron chi connectivity index (χ0n) is 11.5. The van der Waals surface area contributed by atoms with Gasteiger partial charge in [0.15, 0.2) is 0 Å². The minimum absolute atomic E-state index is 0.0195. The Bertz CT molecular complexity index is 726. The predicted molar refractivity (Wildman–Crippen MR) is 83.7 cm³/mol. The zero-order chi connectivity index (χ0) is 15.7. The molecule has 1 fully saturated rings. The minimum Gasteiger partial charge on any atom is -0.411 e. The SMILES string of the molecule is O=[N+]([O-])c1ccc(/C(=N/O)[C@H]2C[C@H]2c2ccc(Cl)cc2)cc1. The summed E-state index contributed by atoms with van der Waals surface area (Å²) >= 11 is 5.88. The first-order valence-corrected chi connectivity index (χ1v) is 7.20. The number of non-ortho nitro benzene ring substituents is 1. The summed E-state index contributed by atoms with van der Waals surface area (Å²) < 4.78 is 0. The normalized spacial score (nSPS) is 20.7. The third-order valence-corrected chi connectivity index (χ3v) is 4.17. The van der Waals surface area contributed by atoms with Crippen molar-refractivity contribution in [3.8, 4) is 0 Å². The van der Waals surface area contributed by atoms with E-state index in [9.17, 15) is 15.3 Å². The largest absolute Gasteiger partial charge is 0.411 e. The molecule has 22 heavy (non-hydrogen) atoms. The van der Waals surface area contributed by atoms with Crippen molar-refractivity contribution < 1.29 is 10.1 Å². The molecular weight excluding hydrogens is 304 g/mol. The van der Waals surface area contributed by atoms with Gasteiger partial charge in [-0.2, -0.15) is 0 Å². The van der Waals surface area contributed by atoms with Crippen LogP contribution in [0.2, 0.25) is 5.02 Å². The number of nitro groups is 1. The van der Waals surface area contributed by atoms with Crippen molar-refractivity contribution in [1.82, 2.24) is 0 Å². The maximum atomic E-state index is 10.7. The smallest absolute Gasteiger partial charge is 0.269 e. The van der Waals surface area contributed by atoms with Crippen LogP contribution in [0.1, 0.15) is 23.5 Å². The Morgan fingerprint density at radius 3 is 2.36 bits per heavy atom. The highest BCUT2D eigenvalue weighted by Gasteiger charge is 2.43. The fraction of sp³-hybridized carbons (Fsp3) is 0.188. The summed E-state index contributed by atoms with van der Waals surface area (Å²) in [6.45, 7) is 0. The molecule has 0 aliphatic heterocycles. The van der Waals surface area contributed by atoms with Gasteiger partial charge in [0.1, 0.15) is 0 Å². The van der Waals surface area contributed by atoms with Gasteiger partial charge in [-0.15, -0.1) is 0 Å². The van der Waals surface area contributed by atoms with Crippen LogP contribution in [0, 0.1) is 16.0 Å².